The van der Waals surface area contributed by atoms with Gasteiger partial charge in [0.25, 0.3) is 0 Å². The maximum atomic E-state index is 6.44. The van der Waals surface area contributed by atoms with Crippen molar-refractivity contribution in [2.24, 2.45) is 0 Å². The second kappa shape index (κ2) is 13.9. The van der Waals surface area contributed by atoms with Gasteiger partial charge < -0.3 is 4.42 Å². The first-order valence-electron chi connectivity index (χ1n) is 20.5. The third-order valence-electron chi connectivity index (χ3n) is 12.0. The molecule has 0 saturated heterocycles. The zero-order valence-corrected chi connectivity index (χ0v) is 32.6. The molecule has 3 aromatic heterocycles. The normalized spacial score (nSPS) is 12.6. The van der Waals surface area contributed by atoms with Gasteiger partial charge in [-0.2, -0.15) is 9.97 Å². The lowest BCUT2D eigenvalue weighted by molar-refractivity contribution is 0.669. The quantitative estimate of drug-likeness (QED) is 0.169. The molecule has 0 bridgehead atoms. The lowest BCUT2D eigenvalue weighted by atomic mass is 9.88. The molecule has 0 spiro atoms. The van der Waals surface area contributed by atoms with E-state index in [-0.39, 0.29) is 0 Å². The number of fused-ring (bicyclic) bond motifs is 8. The summed E-state index contributed by atoms with van der Waals surface area (Å²) in [5.41, 5.74) is 14.0. The third-order valence-corrected chi connectivity index (χ3v) is 12.0. The van der Waals surface area contributed by atoms with Gasteiger partial charge in [0.15, 0.2) is 11.6 Å². The average Bonchev–Trinajstić information content (AvgIpc) is 3.89. The van der Waals surface area contributed by atoms with E-state index in [1.165, 1.54) is 10.9 Å². The second-order valence-electron chi connectivity index (χ2n) is 15.4. The highest BCUT2D eigenvalue weighted by atomic mass is 16.3. The molecule has 8 aromatic carbocycles. The van der Waals surface area contributed by atoms with Crippen molar-refractivity contribution in [3.05, 3.63) is 211 Å². The van der Waals surface area contributed by atoms with Crippen LogP contribution in [-0.4, -0.2) is 19.5 Å². The van der Waals surface area contributed by atoms with E-state index < -0.39 is 0 Å². The molecule has 12 rings (SSSR count). The van der Waals surface area contributed by atoms with E-state index in [1.54, 1.807) is 0 Å². The summed E-state index contributed by atoms with van der Waals surface area (Å²) >= 11 is 0. The number of aromatic nitrogens is 4. The van der Waals surface area contributed by atoms with Crippen molar-refractivity contribution in [1.82, 2.24) is 19.5 Å². The maximum Gasteiger partial charge on any atom is 0.238 e. The molecule has 0 amide bonds. The van der Waals surface area contributed by atoms with Crippen molar-refractivity contribution < 1.29 is 4.42 Å². The topological polar surface area (TPSA) is 56.7 Å². The van der Waals surface area contributed by atoms with Gasteiger partial charge in [0.05, 0.1) is 11.2 Å². The molecule has 1 aliphatic carbocycles. The Morgan fingerprint density at radius 2 is 1.00 bits per heavy atom. The van der Waals surface area contributed by atoms with Crippen molar-refractivity contribution in [1.29, 1.82) is 0 Å². The molecule has 0 fully saturated rings. The van der Waals surface area contributed by atoms with Crippen LogP contribution in [0.25, 0.3) is 100 Å². The highest BCUT2D eigenvalue weighted by molar-refractivity contribution is 6.14. The fraction of sp³-hybridized carbons (Fsp3) is 0.0364. The molecule has 5 heteroatoms. The summed E-state index contributed by atoms with van der Waals surface area (Å²) < 4.78 is 8.76. The molecule has 1 aliphatic rings. The van der Waals surface area contributed by atoms with Gasteiger partial charge >= 0.3 is 0 Å². The van der Waals surface area contributed by atoms with Crippen LogP contribution < -0.4 is 0 Å². The van der Waals surface area contributed by atoms with Gasteiger partial charge in [-0.05, 0) is 63.7 Å². The number of furan rings is 1. The molecule has 282 valence electrons. The first-order valence-corrected chi connectivity index (χ1v) is 20.5. The van der Waals surface area contributed by atoms with Crippen LogP contribution in [0.5, 0.6) is 0 Å². The van der Waals surface area contributed by atoms with Gasteiger partial charge in [-0.1, -0.05) is 182 Å². The summed E-state index contributed by atoms with van der Waals surface area (Å²) in [6.45, 7) is 0. The van der Waals surface area contributed by atoms with Gasteiger partial charge in [0, 0.05) is 38.2 Å². The van der Waals surface area contributed by atoms with Crippen molar-refractivity contribution in [3.63, 3.8) is 0 Å². The number of nitrogens with zero attached hydrogens (tertiary/aromatic N) is 4. The molecule has 3 heterocycles. The van der Waals surface area contributed by atoms with Crippen LogP contribution in [0.15, 0.2) is 199 Å². The van der Waals surface area contributed by atoms with Crippen molar-refractivity contribution in [2.75, 3.05) is 0 Å². The van der Waals surface area contributed by atoms with Gasteiger partial charge in [-0.25, -0.2) is 4.98 Å². The Balaban J connectivity index is 1.13. The Morgan fingerprint density at radius 1 is 0.433 bits per heavy atom. The summed E-state index contributed by atoms with van der Waals surface area (Å²) in [4.78, 5) is 16.1. The fourth-order valence-corrected chi connectivity index (χ4v) is 9.15. The van der Waals surface area contributed by atoms with E-state index in [4.69, 9.17) is 19.4 Å². The van der Waals surface area contributed by atoms with Crippen LogP contribution in [0.2, 0.25) is 0 Å². The standard InChI is InChI=1S/C55H36N4O/c1-3-13-35(14-4-1)37-25-29-40(30-26-37)53-56-54(41-31-27-38(28-32-41)36-15-5-2-6-16-36)58-55(57-53)59-51-42-18-8-7-17-39(42)33-34-46(51)45-22-11-21-44(52(45)59)43-20-12-24-49-50(43)47-19-9-10-23-48(47)60-49/h1-10,12-21,23-34H,11,22H2. The van der Waals surface area contributed by atoms with Gasteiger partial charge in [-0.3, -0.25) is 4.57 Å². The SMILES string of the molecule is C1=C(c2cccc3oc4ccccc4c23)c2c(c3ccc4ccccc4c3n2-c2nc(-c3ccc(-c4ccccc4)cc3)nc(-c3ccc(-c4ccccc4)cc3)n2)CC1. The van der Waals surface area contributed by atoms with Crippen LogP contribution in [0.1, 0.15) is 23.2 Å². The summed E-state index contributed by atoms with van der Waals surface area (Å²) in [6.07, 6.45) is 4.20. The average molecular weight is 769 g/mol. The van der Waals surface area contributed by atoms with Crippen molar-refractivity contribution in [3.8, 4) is 51.0 Å². The molecular formula is C55H36N4O. The number of para-hydroxylation sites is 1. The van der Waals surface area contributed by atoms with E-state index in [0.717, 1.165) is 101 Å². The van der Waals surface area contributed by atoms with Gasteiger partial charge in [0.1, 0.15) is 11.2 Å². The Labute approximate surface area is 346 Å². The van der Waals surface area contributed by atoms with Crippen molar-refractivity contribution in [2.45, 2.75) is 12.8 Å². The molecule has 11 aromatic rings. The molecule has 0 N–H and O–H groups in total. The first-order chi connectivity index (χ1) is 29.7. The number of benzene rings is 8. The third kappa shape index (κ3) is 5.58. The molecule has 60 heavy (non-hydrogen) atoms. The minimum atomic E-state index is 0.578. The molecule has 5 nitrogen and oxygen atoms in total. The Bertz CT molecular complexity index is 3350. The lowest BCUT2D eigenvalue weighted by Gasteiger charge is -2.20. The minimum Gasteiger partial charge on any atom is -0.456 e. The van der Waals surface area contributed by atoms with E-state index in [1.807, 2.05) is 18.2 Å². The highest BCUT2D eigenvalue weighted by Gasteiger charge is 2.29. The largest absolute Gasteiger partial charge is 0.456 e. The van der Waals surface area contributed by atoms with E-state index in [0.29, 0.717) is 17.6 Å². The summed E-state index contributed by atoms with van der Waals surface area (Å²) in [5.74, 6) is 1.80. The lowest BCUT2D eigenvalue weighted by Crippen LogP contribution is -2.11. The molecule has 0 unspecified atom stereocenters. The molecule has 0 atom stereocenters. The fourth-order valence-electron chi connectivity index (χ4n) is 9.15. The predicted octanol–water partition coefficient (Wildman–Crippen LogP) is 13.9. The maximum absolute atomic E-state index is 6.44. The van der Waals surface area contributed by atoms with Crippen LogP contribution in [0.4, 0.5) is 0 Å². The summed E-state index contributed by atoms with van der Waals surface area (Å²) in [7, 11) is 0. The van der Waals surface area contributed by atoms with Gasteiger partial charge in [0.2, 0.25) is 5.95 Å². The van der Waals surface area contributed by atoms with E-state index in [2.05, 4.69) is 181 Å². The van der Waals surface area contributed by atoms with Crippen LogP contribution in [0, 0.1) is 0 Å². The van der Waals surface area contributed by atoms with Crippen LogP contribution in [0.3, 0.4) is 0 Å². The van der Waals surface area contributed by atoms with Crippen LogP contribution in [-0.2, 0) is 6.42 Å². The zero-order valence-electron chi connectivity index (χ0n) is 32.6. The Morgan fingerprint density at radius 3 is 1.68 bits per heavy atom. The number of aryl methyl sites for hydroxylation is 1. The second-order valence-corrected chi connectivity index (χ2v) is 15.4. The van der Waals surface area contributed by atoms with Crippen LogP contribution >= 0.6 is 0 Å². The Kier molecular flexibility index (Phi) is 7.91. The highest BCUT2D eigenvalue weighted by Crippen LogP contribution is 2.45. The number of rotatable bonds is 6. The molecule has 0 saturated carbocycles. The Hall–Kier alpha value is -7.89. The number of allylic oxidation sites excluding steroid dienone is 1. The zero-order chi connectivity index (χ0) is 39.6. The van der Waals surface area contributed by atoms with Gasteiger partial charge in [-0.15, -0.1) is 0 Å². The smallest absolute Gasteiger partial charge is 0.238 e. The molecule has 0 aliphatic heterocycles. The van der Waals surface area contributed by atoms with Crippen molar-refractivity contribution >= 4 is 49.2 Å². The summed E-state index contributed by atoms with van der Waals surface area (Å²) in [6, 6.07) is 65.9. The first kappa shape index (κ1) is 34.2. The minimum absolute atomic E-state index is 0.578. The predicted molar refractivity (Wildman–Crippen MR) is 245 cm³/mol. The van der Waals surface area contributed by atoms with E-state index in [9.17, 15) is 0 Å². The summed E-state index contributed by atoms with van der Waals surface area (Å²) in [5, 5.41) is 5.74. The molecular weight excluding hydrogens is 733 g/mol. The monoisotopic (exact) mass is 768 g/mol. The number of hydrogen-bond acceptors (Lipinski definition) is 4. The van der Waals surface area contributed by atoms with E-state index >= 15 is 0 Å². The molecule has 0 radical (unpaired) electrons. The number of hydrogen-bond donors (Lipinski definition) is 0.